The highest BCUT2D eigenvalue weighted by molar-refractivity contribution is 6.00. The van der Waals surface area contributed by atoms with E-state index in [-0.39, 0.29) is 18.0 Å². The van der Waals surface area contributed by atoms with Crippen molar-refractivity contribution in [3.8, 4) is 0 Å². The Morgan fingerprint density at radius 3 is 2.26 bits per heavy atom. The lowest BCUT2D eigenvalue weighted by molar-refractivity contribution is 0.0991. The average Bonchev–Trinajstić information content (AvgIpc) is 2.33. The topological polar surface area (TPSA) is 17.1 Å². The van der Waals surface area contributed by atoms with Gasteiger partial charge in [-0.3, -0.25) is 4.79 Å². The monoisotopic (exact) mass is 256 g/mol. The van der Waals surface area contributed by atoms with Crippen molar-refractivity contribution in [2.24, 2.45) is 0 Å². The molecule has 0 saturated carbocycles. The quantitative estimate of drug-likeness (QED) is 0.753. The fraction of sp³-hybridized carbons (Fsp3) is 0.235. The van der Waals surface area contributed by atoms with Crippen LogP contribution in [0.1, 0.15) is 32.6 Å². The van der Waals surface area contributed by atoms with Crippen molar-refractivity contribution in [2.75, 3.05) is 0 Å². The van der Waals surface area contributed by atoms with E-state index < -0.39 is 0 Å². The Hall–Kier alpha value is -1.96. The molecule has 2 aromatic rings. The number of carbonyl (C=O) groups is 1. The van der Waals surface area contributed by atoms with Gasteiger partial charge in [-0.2, -0.15) is 0 Å². The first-order chi connectivity index (χ1) is 8.99. The van der Waals surface area contributed by atoms with Gasteiger partial charge in [-0.1, -0.05) is 24.3 Å². The smallest absolute Gasteiger partial charge is 0.167 e. The van der Waals surface area contributed by atoms with Gasteiger partial charge in [0.1, 0.15) is 5.82 Å². The van der Waals surface area contributed by atoms with Crippen molar-refractivity contribution in [1.82, 2.24) is 0 Å². The molecule has 0 aliphatic carbocycles. The zero-order chi connectivity index (χ0) is 14.0. The lowest BCUT2D eigenvalue weighted by Crippen LogP contribution is -2.09. The number of hydrogen-bond donors (Lipinski definition) is 0. The Labute approximate surface area is 113 Å². The minimum atomic E-state index is -0.296. The molecule has 2 heteroatoms. The lowest BCUT2D eigenvalue weighted by Gasteiger charge is -2.10. The van der Waals surface area contributed by atoms with Gasteiger partial charge in [0, 0.05) is 12.0 Å². The van der Waals surface area contributed by atoms with Crippen LogP contribution in [0.3, 0.4) is 0 Å². The molecular weight excluding hydrogens is 239 g/mol. The molecule has 0 fully saturated rings. The van der Waals surface area contributed by atoms with Gasteiger partial charge in [-0.15, -0.1) is 0 Å². The zero-order valence-electron chi connectivity index (χ0n) is 11.5. The van der Waals surface area contributed by atoms with Crippen LogP contribution >= 0.6 is 0 Å². The maximum atomic E-state index is 13.2. The summed E-state index contributed by atoms with van der Waals surface area (Å²) in [4.78, 5) is 12.4. The molecule has 0 spiro atoms. The molecule has 0 aromatic heterocycles. The van der Waals surface area contributed by atoms with E-state index in [0.29, 0.717) is 0 Å². The van der Waals surface area contributed by atoms with Crippen molar-refractivity contribution in [3.05, 3.63) is 70.0 Å². The fourth-order valence-corrected chi connectivity index (χ4v) is 2.35. The van der Waals surface area contributed by atoms with Crippen molar-refractivity contribution in [3.63, 3.8) is 0 Å². The van der Waals surface area contributed by atoms with Gasteiger partial charge >= 0.3 is 0 Å². The molecule has 2 rings (SSSR count). The Bertz CT molecular complexity index is 609. The SMILES string of the molecule is Cc1ccc(F)cc1CC(=O)c1c(C)cccc1C. The molecule has 0 amide bonds. The minimum absolute atomic E-state index is 0.0456. The number of benzene rings is 2. The van der Waals surface area contributed by atoms with Gasteiger partial charge in [-0.25, -0.2) is 4.39 Å². The summed E-state index contributed by atoms with van der Waals surface area (Å²) >= 11 is 0. The van der Waals surface area contributed by atoms with Crippen LogP contribution in [0.25, 0.3) is 0 Å². The van der Waals surface area contributed by atoms with Crippen molar-refractivity contribution in [2.45, 2.75) is 27.2 Å². The normalized spacial score (nSPS) is 10.5. The van der Waals surface area contributed by atoms with Crippen LogP contribution in [0, 0.1) is 26.6 Å². The molecule has 0 atom stereocenters. The van der Waals surface area contributed by atoms with Gasteiger partial charge in [0.2, 0.25) is 0 Å². The molecule has 0 bridgehead atoms. The van der Waals surface area contributed by atoms with Crippen molar-refractivity contribution in [1.29, 1.82) is 0 Å². The summed E-state index contributed by atoms with van der Waals surface area (Å²) in [5.74, 6) is -0.251. The number of halogens is 1. The fourth-order valence-electron chi connectivity index (χ4n) is 2.35. The van der Waals surface area contributed by atoms with Gasteiger partial charge < -0.3 is 0 Å². The first-order valence-electron chi connectivity index (χ1n) is 6.33. The largest absolute Gasteiger partial charge is 0.294 e. The molecule has 0 heterocycles. The molecule has 0 N–H and O–H groups in total. The minimum Gasteiger partial charge on any atom is -0.294 e. The predicted octanol–water partition coefficient (Wildman–Crippen LogP) is 4.18. The summed E-state index contributed by atoms with van der Waals surface area (Å²) in [6.07, 6.45) is 0.245. The number of rotatable bonds is 3. The van der Waals surface area contributed by atoms with E-state index in [1.807, 2.05) is 39.0 Å². The second-order valence-corrected chi connectivity index (χ2v) is 4.94. The van der Waals surface area contributed by atoms with Crippen LogP contribution in [-0.4, -0.2) is 5.78 Å². The molecule has 2 aromatic carbocycles. The van der Waals surface area contributed by atoms with Gasteiger partial charge in [0.05, 0.1) is 0 Å². The van der Waals surface area contributed by atoms with Crippen molar-refractivity contribution < 1.29 is 9.18 Å². The third-order valence-electron chi connectivity index (χ3n) is 3.42. The van der Waals surface area contributed by atoms with E-state index >= 15 is 0 Å². The average molecular weight is 256 g/mol. The molecule has 0 aliphatic rings. The second-order valence-electron chi connectivity index (χ2n) is 4.94. The Morgan fingerprint density at radius 2 is 1.63 bits per heavy atom. The van der Waals surface area contributed by atoms with E-state index in [9.17, 15) is 9.18 Å². The number of carbonyl (C=O) groups excluding carboxylic acids is 1. The number of hydrogen-bond acceptors (Lipinski definition) is 1. The molecule has 1 nitrogen and oxygen atoms in total. The molecule has 0 saturated heterocycles. The highest BCUT2D eigenvalue weighted by atomic mass is 19.1. The summed E-state index contributed by atoms with van der Waals surface area (Å²) in [5.41, 5.74) is 4.40. The van der Waals surface area contributed by atoms with E-state index in [4.69, 9.17) is 0 Å². The Balaban J connectivity index is 2.34. The molecular formula is C17H17FO. The molecule has 0 radical (unpaired) electrons. The zero-order valence-corrected chi connectivity index (χ0v) is 11.5. The standard InChI is InChI=1S/C17H17FO/c1-11-7-8-15(18)9-14(11)10-16(19)17-12(2)5-4-6-13(17)3/h4-9H,10H2,1-3H3. The maximum Gasteiger partial charge on any atom is 0.167 e. The van der Waals surface area contributed by atoms with Crippen LogP contribution in [-0.2, 0) is 6.42 Å². The van der Waals surface area contributed by atoms with Crippen molar-refractivity contribution >= 4 is 5.78 Å². The summed E-state index contributed by atoms with van der Waals surface area (Å²) in [5, 5.41) is 0. The number of ketones is 1. The molecule has 0 unspecified atom stereocenters. The molecule has 98 valence electrons. The number of aryl methyl sites for hydroxylation is 3. The third-order valence-corrected chi connectivity index (χ3v) is 3.42. The highest BCUT2D eigenvalue weighted by Crippen LogP contribution is 2.18. The van der Waals surface area contributed by atoms with Crippen LogP contribution in [0.15, 0.2) is 36.4 Å². The van der Waals surface area contributed by atoms with E-state index in [1.54, 1.807) is 6.07 Å². The first kappa shape index (κ1) is 13.5. The van der Waals surface area contributed by atoms with Crippen LogP contribution in [0.2, 0.25) is 0 Å². The Morgan fingerprint density at radius 1 is 1.00 bits per heavy atom. The molecule has 19 heavy (non-hydrogen) atoms. The summed E-state index contributed by atoms with van der Waals surface area (Å²) in [6.45, 7) is 5.75. The first-order valence-corrected chi connectivity index (χ1v) is 6.33. The third kappa shape index (κ3) is 2.90. The van der Waals surface area contributed by atoms with Gasteiger partial charge in [0.25, 0.3) is 0 Å². The predicted molar refractivity (Wildman–Crippen MR) is 75.1 cm³/mol. The van der Waals surface area contributed by atoms with Gasteiger partial charge in [0.15, 0.2) is 5.78 Å². The van der Waals surface area contributed by atoms with Crippen LogP contribution < -0.4 is 0 Å². The van der Waals surface area contributed by atoms with E-state index in [2.05, 4.69) is 0 Å². The van der Waals surface area contributed by atoms with Crippen LogP contribution in [0.5, 0.6) is 0 Å². The number of Topliss-reactive ketones (excluding diaryl/α,β-unsaturated/α-hetero) is 1. The summed E-state index contributed by atoms with van der Waals surface area (Å²) in [6, 6.07) is 10.4. The van der Waals surface area contributed by atoms with Gasteiger partial charge in [-0.05, 0) is 55.2 Å². The Kier molecular flexibility index (Phi) is 3.79. The lowest BCUT2D eigenvalue weighted by atomic mass is 9.94. The maximum absolute atomic E-state index is 13.2. The van der Waals surface area contributed by atoms with Crippen LogP contribution in [0.4, 0.5) is 4.39 Å². The summed E-state index contributed by atoms with van der Waals surface area (Å²) in [7, 11) is 0. The summed E-state index contributed by atoms with van der Waals surface area (Å²) < 4.78 is 13.2. The second kappa shape index (κ2) is 5.35. The van der Waals surface area contributed by atoms with E-state index in [0.717, 1.165) is 27.8 Å². The highest BCUT2D eigenvalue weighted by Gasteiger charge is 2.14. The molecule has 0 aliphatic heterocycles. The van der Waals surface area contributed by atoms with E-state index in [1.165, 1.54) is 12.1 Å².